The topological polar surface area (TPSA) is 83.4 Å². The van der Waals surface area contributed by atoms with E-state index in [-0.39, 0.29) is 24.3 Å². The summed E-state index contributed by atoms with van der Waals surface area (Å²) in [6.45, 7) is 1.09. The summed E-state index contributed by atoms with van der Waals surface area (Å²) in [6.07, 6.45) is -3.05. The number of hydrogen-bond acceptors (Lipinski definition) is 3. The van der Waals surface area contributed by atoms with E-state index in [1.54, 1.807) is 12.1 Å². The number of carbonyl (C=O) groups excluding carboxylic acids is 2. The summed E-state index contributed by atoms with van der Waals surface area (Å²) in [5, 5.41) is 7.07. The van der Waals surface area contributed by atoms with Crippen molar-refractivity contribution in [1.29, 1.82) is 0 Å². The Bertz CT molecular complexity index is 743. The first-order valence-electron chi connectivity index (χ1n) is 7.27. The number of rotatable bonds is 5. The zero-order chi connectivity index (χ0) is 18.4. The molecule has 0 atom stereocenters. The minimum absolute atomic E-state index is 0.000665. The van der Waals surface area contributed by atoms with Gasteiger partial charge in [-0.25, -0.2) is 4.79 Å². The SMILES string of the molecule is Cc1ccc(NC(=O)CNC(=O)NCc2ccco2)cc1C(F)(F)F. The third-order valence-corrected chi connectivity index (χ3v) is 3.24. The Morgan fingerprint density at radius 2 is 1.92 bits per heavy atom. The minimum Gasteiger partial charge on any atom is -0.467 e. The monoisotopic (exact) mass is 355 g/mol. The number of anilines is 1. The van der Waals surface area contributed by atoms with E-state index in [4.69, 9.17) is 4.42 Å². The molecule has 25 heavy (non-hydrogen) atoms. The van der Waals surface area contributed by atoms with Crippen LogP contribution in [0.25, 0.3) is 0 Å². The van der Waals surface area contributed by atoms with Crippen molar-refractivity contribution >= 4 is 17.6 Å². The fourth-order valence-electron chi connectivity index (χ4n) is 2.01. The van der Waals surface area contributed by atoms with Gasteiger partial charge in [-0.1, -0.05) is 6.07 Å². The molecule has 1 aromatic heterocycles. The van der Waals surface area contributed by atoms with Crippen LogP contribution in [0.1, 0.15) is 16.9 Å². The van der Waals surface area contributed by atoms with Gasteiger partial charge < -0.3 is 20.4 Å². The number of nitrogens with one attached hydrogen (secondary N) is 3. The van der Waals surface area contributed by atoms with Crippen LogP contribution in [0.15, 0.2) is 41.0 Å². The molecule has 9 heteroatoms. The van der Waals surface area contributed by atoms with Crippen molar-refractivity contribution in [3.63, 3.8) is 0 Å². The zero-order valence-electron chi connectivity index (χ0n) is 13.2. The van der Waals surface area contributed by atoms with Crippen molar-refractivity contribution in [3.8, 4) is 0 Å². The quantitative estimate of drug-likeness (QED) is 0.771. The van der Waals surface area contributed by atoms with E-state index in [0.29, 0.717) is 5.76 Å². The molecule has 0 aliphatic heterocycles. The van der Waals surface area contributed by atoms with Crippen LogP contribution in [-0.4, -0.2) is 18.5 Å². The maximum Gasteiger partial charge on any atom is 0.416 e. The van der Waals surface area contributed by atoms with Crippen molar-refractivity contribution in [2.24, 2.45) is 0 Å². The second kappa shape index (κ2) is 7.73. The number of halogens is 3. The molecule has 0 aliphatic rings. The Hall–Kier alpha value is -2.97. The molecule has 0 radical (unpaired) electrons. The lowest BCUT2D eigenvalue weighted by atomic mass is 10.1. The first-order chi connectivity index (χ1) is 11.8. The van der Waals surface area contributed by atoms with Crippen molar-refractivity contribution in [3.05, 3.63) is 53.5 Å². The maximum absolute atomic E-state index is 12.8. The highest BCUT2D eigenvalue weighted by Gasteiger charge is 2.32. The average molecular weight is 355 g/mol. The molecular formula is C16H16F3N3O3. The number of carbonyl (C=O) groups is 2. The molecule has 0 saturated heterocycles. The zero-order valence-corrected chi connectivity index (χ0v) is 13.2. The molecule has 1 aromatic carbocycles. The lowest BCUT2D eigenvalue weighted by Crippen LogP contribution is -2.39. The van der Waals surface area contributed by atoms with Crippen LogP contribution in [0.4, 0.5) is 23.7 Å². The molecule has 0 unspecified atom stereocenters. The summed E-state index contributed by atoms with van der Waals surface area (Å²) >= 11 is 0. The van der Waals surface area contributed by atoms with E-state index >= 15 is 0 Å². The first-order valence-corrected chi connectivity index (χ1v) is 7.27. The van der Waals surface area contributed by atoms with Crippen LogP contribution < -0.4 is 16.0 Å². The fourth-order valence-corrected chi connectivity index (χ4v) is 2.01. The lowest BCUT2D eigenvalue weighted by molar-refractivity contribution is -0.138. The summed E-state index contributed by atoms with van der Waals surface area (Å²) in [5.74, 6) is -0.107. The molecule has 2 aromatic rings. The van der Waals surface area contributed by atoms with E-state index in [9.17, 15) is 22.8 Å². The van der Waals surface area contributed by atoms with E-state index in [0.717, 1.165) is 6.07 Å². The standard InChI is InChI=1S/C16H16F3N3O3/c1-10-4-5-11(7-13(10)16(17,18)19)22-14(23)9-21-15(24)20-8-12-3-2-6-25-12/h2-7H,8-9H2,1H3,(H,22,23)(H2,20,21,24). The van der Waals surface area contributed by atoms with Crippen molar-refractivity contribution in [2.75, 3.05) is 11.9 Å². The first kappa shape index (κ1) is 18.4. The van der Waals surface area contributed by atoms with Crippen LogP contribution in [0.5, 0.6) is 0 Å². The van der Waals surface area contributed by atoms with Gasteiger partial charge in [-0.15, -0.1) is 0 Å². The van der Waals surface area contributed by atoms with Gasteiger partial charge in [0.1, 0.15) is 5.76 Å². The molecule has 1 heterocycles. The van der Waals surface area contributed by atoms with Crippen LogP contribution in [0.2, 0.25) is 0 Å². The Morgan fingerprint density at radius 3 is 2.56 bits per heavy atom. The molecule has 3 N–H and O–H groups in total. The average Bonchev–Trinajstić information content (AvgIpc) is 3.05. The maximum atomic E-state index is 12.8. The lowest BCUT2D eigenvalue weighted by Gasteiger charge is -2.13. The summed E-state index contributed by atoms with van der Waals surface area (Å²) in [7, 11) is 0. The van der Waals surface area contributed by atoms with Gasteiger partial charge in [0, 0.05) is 5.69 Å². The predicted octanol–water partition coefficient (Wildman–Crippen LogP) is 3.04. The number of furan rings is 1. The number of aryl methyl sites for hydroxylation is 1. The second-order valence-electron chi connectivity index (χ2n) is 5.19. The highest BCUT2D eigenvalue weighted by molar-refractivity contribution is 5.94. The van der Waals surface area contributed by atoms with Crippen molar-refractivity contribution in [1.82, 2.24) is 10.6 Å². The largest absolute Gasteiger partial charge is 0.467 e. The highest BCUT2D eigenvalue weighted by Crippen LogP contribution is 2.33. The van der Waals surface area contributed by atoms with E-state index in [2.05, 4.69) is 16.0 Å². The molecule has 0 saturated carbocycles. The number of alkyl halides is 3. The smallest absolute Gasteiger partial charge is 0.416 e. The normalized spacial score (nSPS) is 11.0. The third kappa shape index (κ3) is 5.55. The molecule has 134 valence electrons. The fraction of sp³-hybridized carbons (Fsp3) is 0.250. The van der Waals surface area contributed by atoms with Crippen LogP contribution in [0, 0.1) is 6.92 Å². The Labute approximate surface area is 141 Å². The summed E-state index contributed by atoms with van der Waals surface area (Å²) in [6, 6.07) is 6.21. The number of urea groups is 1. The van der Waals surface area contributed by atoms with Gasteiger partial charge in [0.2, 0.25) is 5.91 Å². The van der Waals surface area contributed by atoms with Crippen LogP contribution >= 0.6 is 0 Å². The van der Waals surface area contributed by atoms with Gasteiger partial charge in [0.15, 0.2) is 0 Å². The van der Waals surface area contributed by atoms with Gasteiger partial charge in [0.25, 0.3) is 0 Å². The molecule has 6 nitrogen and oxygen atoms in total. The molecule has 0 bridgehead atoms. The Balaban J connectivity index is 1.83. The molecule has 3 amide bonds. The third-order valence-electron chi connectivity index (χ3n) is 3.24. The molecule has 0 spiro atoms. The highest BCUT2D eigenvalue weighted by atomic mass is 19.4. The summed E-state index contributed by atoms with van der Waals surface area (Å²) in [5.41, 5.74) is -0.768. The minimum atomic E-state index is -4.51. The van der Waals surface area contributed by atoms with Gasteiger partial charge >= 0.3 is 12.2 Å². The Kier molecular flexibility index (Phi) is 5.68. The number of amides is 3. The molecule has 2 rings (SSSR count). The van der Waals surface area contributed by atoms with Crippen molar-refractivity contribution in [2.45, 2.75) is 19.6 Å². The van der Waals surface area contributed by atoms with Gasteiger partial charge in [-0.2, -0.15) is 13.2 Å². The molecule has 0 fully saturated rings. The van der Waals surface area contributed by atoms with Gasteiger partial charge in [0.05, 0.1) is 24.9 Å². The van der Waals surface area contributed by atoms with Gasteiger partial charge in [-0.05, 0) is 36.8 Å². The van der Waals surface area contributed by atoms with Crippen LogP contribution in [0.3, 0.4) is 0 Å². The van der Waals surface area contributed by atoms with Gasteiger partial charge in [-0.3, -0.25) is 4.79 Å². The summed E-state index contributed by atoms with van der Waals surface area (Å²) in [4.78, 5) is 23.3. The van der Waals surface area contributed by atoms with Crippen LogP contribution in [-0.2, 0) is 17.5 Å². The Morgan fingerprint density at radius 1 is 1.16 bits per heavy atom. The second-order valence-corrected chi connectivity index (χ2v) is 5.19. The summed E-state index contributed by atoms with van der Waals surface area (Å²) < 4.78 is 43.5. The molecule has 0 aliphatic carbocycles. The number of benzene rings is 1. The number of hydrogen-bond donors (Lipinski definition) is 3. The van der Waals surface area contributed by atoms with E-state index in [1.807, 2.05) is 0 Å². The van der Waals surface area contributed by atoms with E-state index < -0.39 is 23.7 Å². The predicted molar refractivity (Wildman–Crippen MR) is 83.8 cm³/mol. The van der Waals surface area contributed by atoms with E-state index in [1.165, 1.54) is 25.3 Å². The molecular weight excluding hydrogens is 339 g/mol. The van der Waals surface area contributed by atoms with Crippen molar-refractivity contribution < 1.29 is 27.2 Å².